The van der Waals surface area contributed by atoms with Gasteiger partial charge in [-0.05, 0) is 42.0 Å². The summed E-state index contributed by atoms with van der Waals surface area (Å²) >= 11 is 0. The Hall–Kier alpha value is -3.34. The van der Waals surface area contributed by atoms with E-state index in [1.807, 2.05) is 54.6 Å². The van der Waals surface area contributed by atoms with Crippen LogP contribution in [0.5, 0.6) is 11.5 Å². The van der Waals surface area contributed by atoms with E-state index in [2.05, 4.69) is 5.32 Å². The van der Waals surface area contributed by atoms with Gasteiger partial charge in [-0.1, -0.05) is 30.3 Å². The number of anilines is 1. The number of ether oxygens (including phenoxy) is 1. The van der Waals surface area contributed by atoms with E-state index in [0.717, 1.165) is 22.7 Å². The highest BCUT2D eigenvalue weighted by atomic mass is 16.6. The van der Waals surface area contributed by atoms with Gasteiger partial charge in [0.25, 0.3) is 5.69 Å². The van der Waals surface area contributed by atoms with Crippen molar-refractivity contribution in [3.05, 3.63) is 94.5 Å². The van der Waals surface area contributed by atoms with Gasteiger partial charge in [-0.2, -0.15) is 0 Å². The molecule has 3 rings (SSSR count). The lowest BCUT2D eigenvalue weighted by Gasteiger charge is -2.09. The molecule has 3 aromatic rings. The molecule has 120 valence electrons. The molecule has 0 unspecified atom stereocenters. The van der Waals surface area contributed by atoms with E-state index in [1.54, 1.807) is 12.1 Å². The lowest BCUT2D eigenvalue weighted by atomic mass is 10.2. The van der Waals surface area contributed by atoms with Crippen LogP contribution < -0.4 is 10.1 Å². The molecule has 0 amide bonds. The van der Waals surface area contributed by atoms with E-state index in [4.69, 9.17) is 4.74 Å². The summed E-state index contributed by atoms with van der Waals surface area (Å²) in [6, 6.07) is 23.8. The van der Waals surface area contributed by atoms with Crippen molar-refractivity contribution in [1.29, 1.82) is 0 Å². The molecular weight excluding hydrogens is 304 g/mol. The highest BCUT2D eigenvalue weighted by Gasteiger charge is 2.04. The first kappa shape index (κ1) is 15.6. The molecule has 1 N–H and O–H groups in total. The van der Waals surface area contributed by atoms with Gasteiger partial charge in [0.2, 0.25) is 0 Å². The van der Waals surface area contributed by atoms with Crippen LogP contribution in [0.3, 0.4) is 0 Å². The van der Waals surface area contributed by atoms with E-state index < -0.39 is 4.92 Å². The third-order valence-electron chi connectivity index (χ3n) is 3.48. The first-order valence-corrected chi connectivity index (χ1v) is 7.51. The van der Waals surface area contributed by atoms with Gasteiger partial charge in [0.1, 0.15) is 11.5 Å². The second kappa shape index (κ2) is 7.28. The van der Waals surface area contributed by atoms with E-state index in [9.17, 15) is 10.1 Å². The molecule has 0 spiro atoms. The van der Waals surface area contributed by atoms with Crippen LogP contribution in [0.1, 0.15) is 5.56 Å². The van der Waals surface area contributed by atoms with E-state index in [-0.39, 0.29) is 5.69 Å². The fourth-order valence-electron chi connectivity index (χ4n) is 2.21. The van der Waals surface area contributed by atoms with E-state index in [1.165, 1.54) is 12.1 Å². The zero-order valence-electron chi connectivity index (χ0n) is 12.9. The number of benzene rings is 3. The maximum Gasteiger partial charge on any atom is 0.269 e. The van der Waals surface area contributed by atoms with Crippen molar-refractivity contribution in [3.8, 4) is 11.5 Å². The molecule has 0 aliphatic carbocycles. The summed E-state index contributed by atoms with van der Waals surface area (Å²) in [4.78, 5) is 10.2. The van der Waals surface area contributed by atoms with Crippen molar-refractivity contribution >= 4 is 11.4 Å². The van der Waals surface area contributed by atoms with Crippen LogP contribution in [0, 0.1) is 10.1 Å². The van der Waals surface area contributed by atoms with Crippen molar-refractivity contribution in [3.63, 3.8) is 0 Å². The predicted molar refractivity (Wildman–Crippen MR) is 93.4 cm³/mol. The fraction of sp³-hybridized carbons (Fsp3) is 0.0526. The molecule has 0 aliphatic rings. The summed E-state index contributed by atoms with van der Waals surface area (Å²) in [6.07, 6.45) is 0. The predicted octanol–water partition coefficient (Wildman–Crippen LogP) is 5.00. The van der Waals surface area contributed by atoms with Gasteiger partial charge in [0.15, 0.2) is 0 Å². The van der Waals surface area contributed by atoms with Crippen LogP contribution in [0.15, 0.2) is 78.9 Å². The molecule has 0 saturated heterocycles. The van der Waals surface area contributed by atoms with Crippen LogP contribution >= 0.6 is 0 Å². The summed E-state index contributed by atoms with van der Waals surface area (Å²) in [5, 5.41) is 13.9. The minimum absolute atomic E-state index is 0.0983. The Morgan fingerprint density at radius 2 is 1.46 bits per heavy atom. The monoisotopic (exact) mass is 320 g/mol. The number of nitro groups is 1. The Morgan fingerprint density at radius 1 is 0.833 bits per heavy atom. The molecule has 0 aliphatic heterocycles. The Bertz CT molecular complexity index is 800. The van der Waals surface area contributed by atoms with Crippen molar-refractivity contribution in [2.24, 2.45) is 0 Å². The standard InChI is InChI=1S/C19H16N2O3/c22-21(23)17-10-6-15(7-11-17)14-20-16-8-12-19(13-9-16)24-18-4-2-1-3-5-18/h1-13,20H,14H2. The molecule has 0 bridgehead atoms. The maximum atomic E-state index is 10.6. The Morgan fingerprint density at radius 3 is 2.08 bits per heavy atom. The van der Waals surface area contributed by atoms with Crippen LogP contribution in [-0.2, 0) is 6.54 Å². The molecule has 0 saturated carbocycles. The highest BCUT2D eigenvalue weighted by molar-refractivity contribution is 5.48. The van der Waals surface area contributed by atoms with Crippen molar-refractivity contribution in [1.82, 2.24) is 0 Å². The average molecular weight is 320 g/mol. The number of nitrogens with one attached hydrogen (secondary N) is 1. The maximum absolute atomic E-state index is 10.6. The molecule has 24 heavy (non-hydrogen) atoms. The van der Waals surface area contributed by atoms with Crippen LogP contribution in [-0.4, -0.2) is 4.92 Å². The smallest absolute Gasteiger partial charge is 0.269 e. The molecule has 0 atom stereocenters. The minimum Gasteiger partial charge on any atom is -0.457 e. The number of non-ortho nitro benzene ring substituents is 1. The minimum atomic E-state index is -0.400. The van der Waals surface area contributed by atoms with Gasteiger partial charge in [0.05, 0.1) is 4.92 Å². The van der Waals surface area contributed by atoms with Gasteiger partial charge >= 0.3 is 0 Å². The first-order valence-electron chi connectivity index (χ1n) is 7.51. The number of rotatable bonds is 6. The summed E-state index contributed by atoms with van der Waals surface area (Å²) in [7, 11) is 0. The van der Waals surface area contributed by atoms with E-state index >= 15 is 0 Å². The number of hydrogen-bond donors (Lipinski definition) is 1. The topological polar surface area (TPSA) is 64.4 Å². The summed E-state index contributed by atoms with van der Waals surface area (Å²) < 4.78 is 5.74. The lowest BCUT2D eigenvalue weighted by Crippen LogP contribution is -1.99. The molecule has 0 radical (unpaired) electrons. The SMILES string of the molecule is O=[N+]([O-])c1ccc(CNc2ccc(Oc3ccccc3)cc2)cc1. The zero-order chi connectivity index (χ0) is 16.8. The summed E-state index contributed by atoms with van der Waals surface area (Å²) in [5.41, 5.74) is 2.03. The first-order chi connectivity index (χ1) is 11.7. The second-order valence-electron chi connectivity index (χ2n) is 5.22. The quantitative estimate of drug-likeness (QED) is 0.513. The van der Waals surface area contributed by atoms with E-state index in [0.29, 0.717) is 6.54 Å². The number of nitro benzene ring substituents is 1. The van der Waals surface area contributed by atoms with Gasteiger partial charge < -0.3 is 10.1 Å². The second-order valence-corrected chi connectivity index (χ2v) is 5.22. The summed E-state index contributed by atoms with van der Waals surface area (Å²) in [6.45, 7) is 0.594. The van der Waals surface area contributed by atoms with Gasteiger partial charge in [-0.15, -0.1) is 0 Å². The molecule has 5 heteroatoms. The normalized spacial score (nSPS) is 10.2. The molecule has 0 aromatic heterocycles. The molecule has 5 nitrogen and oxygen atoms in total. The zero-order valence-corrected chi connectivity index (χ0v) is 12.9. The third kappa shape index (κ3) is 4.10. The average Bonchev–Trinajstić information content (AvgIpc) is 2.62. The highest BCUT2D eigenvalue weighted by Crippen LogP contribution is 2.23. The Labute approximate surface area is 139 Å². The number of para-hydroxylation sites is 1. The third-order valence-corrected chi connectivity index (χ3v) is 3.48. The fourth-order valence-corrected chi connectivity index (χ4v) is 2.21. The molecule has 3 aromatic carbocycles. The molecule has 0 heterocycles. The van der Waals surface area contributed by atoms with Crippen molar-refractivity contribution < 1.29 is 9.66 Å². The molecular formula is C19H16N2O3. The lowest BCUT2D eigenvalue weighted by molar-refractivity contribution is -0.384. The van der Waals surface area contributed by atoms with Crippen LogP contribution in [0.25, 0.3) is 0 Å². The number of hydrogen-bond acceptors (Lipinski definition) is 4. The Balaban J connectivity index is 1.57. The van der Waals surface area contributed by atoms with Gasteiger partial charge in [-0.25, -0.2) is 0 Å². The summed E-state index contributed by atoms with van der Waals surface area (Å²) in [5.74, 6) is 1.56. The Kier molecular flexibility index (Phi) is 4.72. The van der Waals surface area contributed by atoms with Gasteiger partial charge in [-0.3, -0.25) is 10.1 Å². The van der Waals surface area contributed by atoms with Crippen LogP contribution in [0.4, 0.5) is 11.4 Å². The molecule has 0 fully saturated rings. The number of nitrogens with zero attached hydrogens (tertiary/aromatic N) is 1. The van der Waals surface area contributed by atoms with Crippen molar-refractivity contribution in [2.45, 2.75) is 6.54 Å². The van der Waals surface area contributed by atoms with Crippen molar-refractivity contribution in [2.75, 3.05) is 5.32 Å². The largest absolute Gasteiger partial charge is 0.457 e. The van der Waals surface area contributed by atoms with Gasteiger partial charge in [0, 0.05) is 24.4 Å². The van der Waals surface area contributed by atoms with Crippen LogP contribution in [0.2, 0.25) is 0 Å².